The first-order valence-electron chi connectivity index (χ1n) is 12.5. The summed E-state index contributed by atoms with van der Waals surface area (Å²) >= 11 is 5.68. The van der Waals surface area contributed by atoms with Gasteiger partial charge in [0.1, 0.15) is 5.75 Å². The smallest absolute Gasteiger partial charge is 0.417 e. The minimum absolute atomic E-state index is 0.106. The number of rotatable bonds is 5. The normalized spacial score (nSPS) is 16.4. The molecule has 0 saturated heterocycles. The lowest BCUT2D eigenvalue weighted by Gasteiger charge is -2.42. The van der Waals surface area contributed by atoms with Gasteiger partial charge in [-0.2, -0.15) is 13.2 Å². The highest BCUT2D eigenvalue weighted by molar-refractivity contribution is 6.31. The summed E-state index contributed by atoms with van der Waals surface area (Å²) < 4.78 is 39.9. The van der Waals surface area contributed by atoms with E-state index in [-0.39, 0.29) is 35.3 Å². The molecule has 1 heterocycles. The van der Waals surface area contributed by atoms with Crippen LogP contribution in [0.1, 0.15) is 45.0 Å². The van der Waals surface area contributed by atoms with Crippen molar-refractivity contribution in [2.24, 2.45) is 0 Å². The SMILES string of the molecule is CN1CCc2cc(CO)c(CO)c3c2C1Cc1c(NC(=O)Nc2ccc(Cl)c(C(F)(F)F)c2)cc(CO)c(O)c1-3. The van der Waals surface area contributed by atoms with Crippen molar-refractivity contribution in [3.63, 3.8) is 0 Å². The Morgan fingerprint density at radius 1 is 1.05 bits per heavy atom. The Bertz CT molecular complexity index is 1510. The summed E-state index contributed by atoms with van der Waals surface area (Å²) in [6, 6.07) is 5.28. The number of fused-ring (bicyclic) bond motifs is 2. The number of nitrogens with zero attached hydrogens (tertiary/aromatic N) is 1. The average Bonchev–Trinajstić information content (AvgIpc) is 2.91. The second kappa shape index (κ2) is 10.6. The molecular weight excluding hydrogens is 551 g/mol. The lowest BCUT2D eigenvalue weighted by Crippen LogP contribution is -2.36. The van der Waals surface area contributed by atoms with E-state index in [0.29, 0.717) is 40.7 Å². The zero-order valence-electron chi connectivity index (χ0n) is 21.4. The number of aromatic hydroxyl groups is 1. The second-order valence-corrected chi connectivity index (χ2v) is 10.4. The third kappa shape index (κ3) is 4.77. The fourth-order valence-corrected chi connectivity index (χ4v) is 5.99. The first-order chi connectivity index (χ1) is 19.0. The van der Waals surface area contributed by atoms with Gasteiger partial charge >= 0.3 is 12.2 Å². The summed E-state index contributed by atoms with van der Waals surface area (Å²) in [5.41, 5.74) is 3.35. The molecule has 8 nitrogen and oxygen atoms in total. The van der Waals surface area contributed by atoms with Gasteiger partial charge in [-0.05, 0) is 77.5 Å². The lowest BCUT2D eigenvalue weighted by atomic mass is 9.73. The molecular formula is C28H27ClF3N3O5. The molecule has 2 amide bonds. The molecule has 12 heteroatoms. The summed E-state index contributed by atoms with van der Waals surface area (Å²) in [4.78, 5) is 15.1. The van der Waals surface area contributed by atoms with Crippen LogP contribution >= 0.6 is 11.6 Å². The molecule has 1 aliphatic carbocycles. The fraction of sp³-hybridized carbons (Fsp3) is 0.321. The van der Waals surface area contributed by atoms with Crippen LogP contribution in [-0.4, -0.2) is 44.9 Å². The van der Waals surface area contributed by atoms with Crippen LogP contribution in [0.4, 0.5) is 29.3 Å². The molecule has 0 aromatic heterocycles. The van der Waals surface area contributed by atoms with Crippen LogP contribution in [0.2, 0.25) is 5.02 Å². The van der Waals surface area contributed by atoms with Crippen molar-refractivity contribution in [1.29, 1.82) is 0 Å². The van der Waals surface area contributed by atoms with Gasteiger partial charge in [0, 0.05) is 35.1 Å². The molecule has 3 aromatic rings. The van der Waals surface area contributed by atoms with Gasteiger partial charge in [-0.15, -0.1) is 0 Å². The summed E-state index contributed by atoms with van der Waals surface area (Å²) in [5, 5.41) is 46.2. The van der Waals surface area contributed by atoms with E-state index in [9.17, 15) is 38.4 Å². The zero-order chi connectivity index (χ0) is 28.9. The van der Waals surface area contributed by atoms with Crippen LogP contribution in [0.15, 0.2) is 30.3 Å². The summed E-state index contributed by atoms with van der Waals surface area (Å²) in [6.45, 7) is -0.599. The molecule has 5 rings (SSSR count). The number of nitrogens with one attached hydrogen (secondary N) is 2. The molecule has 6 N–H and O–H groups in total. The molecule has 0 spiro atoms. The number of phenols is 1. The van der Waals surface area contributed by atoms with Gasteiger partial charge in [-0.1, -0.05) is 17.7 Å². The molecule has 1 atom stereocenters. The molecule has 2 aliphatic rings. The number of amides is 2. The van der Waals surface area contributed by atoms with E-state index in [4.69, 9.17) is 11.6 Å². The first kappa shape index (κ1) is 28.2. The molecule has 212 valence electrons. The third-order valence-electron chi connectivity index (χ3n) is 7.66. The number of carbonyl (C=O) groups is 1. The monoisotopic (exact) mass is 577 g/mol. The number of hydrogen-bond donors (Lipinski definition) is 6. The Balaban J connectivity index is 1.62. The van der Waals surface area contributed by atoms with Gasteiger partial charge in [-0.25, -0.2) is 4.79 Å². The number of anilines is 2. The lowest BCUT2D eigenvalue weighted by molar-refractivity contribution is -0.137. The Labute approximate surface area is 232 Å². The molecule has 0 bridgehead atoms. The third-order valence-corrected chi connectivity index (χ3v) is 7.99. The van der Waals surface area contributed by atoms with Crippen molar-refractivity contribution in [3.8, 4) is 16.9 Å². The summed E-state index contributed by atoms with van der Waals surface area (Å²) in [6.07, 6.45) is -3.66. The van der Waals surface area contributed by atoms with Crippen LogP contribution in [-0.2, 0) is 38.8 Å². The number of hydrogen-bond acceptors (Lipinski definition) is 6. The molecule has 40 heavy (non-hydrogen) atoms. The Hall–Kier alpha value is -3.35. The second-order valence-electron chi connectivity index (χ2n) is 9.94. The highest BCUT2D eigenvalue weighted by Gasteiger charge is 2.38. The predicted molar refractivity (Wildman–Crippen MR) is 143 cm³/mol. The zero-order valence-corrected chi connectivity index (χ0v) is 22.1. The number of urea groups is 1. The minimum Gasteiger partial charge on any atom is -0.507 e. The van der Waals surface area contributed by atoms with Crippen LogP contribution < -0.4 is 10.6 Å². The molecule has 0 saturated carbocycles. The maximum absolute atomic E-state index is 13.3. The molecule has 0 radical (unpaired) electrons. The number of alkyl halides is 3. The van der Waals surface area contributed by atoms with Gasteiger partial charge in [0.15, 0.2) is 0 Å². The van der Waals surface area contributed by atoms with E-state index in [0.717, 1.165) is 29.8 Å². The Morgan fingerprint density at radius 3 is 2.42 bits per heavy atom. The Morgan fingerprint density at radius 2 is 1.77 bits per heavy atom. The van der Waals surface area contributed by atoms with Crippen molar-refractivity contribution in [2.45, 2.75) is 44.9 Å². The number of benzene rings is 3. The van der Waals surface area contributed by atoms with Crippen molar-refractivity contribution in [3.05, 3.63) is 74.3 Å². The van der Waals surface area contributed by atoms with Gasteiger partial charge in [0.05, 0.1) is 30.4 Å². The highest BCUT2D eigenvalue weighted by Crippen LogP contribution is 2.53. The minimum atomic E-state index is -4.71. The number of likely N-dealkylation sites (N-methyl/N-ethyl adjacent to an activating group) is 1. The standard InChI is InChI=1S/C28H27ClF3N3O5/c1-35-5-4-13-6-14(10-36)18(12-38)24-23(13)22(35)9-17-21(7-15(11-37)26(39)25(17)24)34-27(40)33-16-2-3-20(29)19(8-16)28(30,31)32/h2-3,6-8,22,36-39H,4-5,9-12H2,1H3,(H2,33,34,40). The van der Waals surface area contributed by atoms with E-state index >= 15 is 0 Å². The van der Waals surface area contributed by atoms with Gasteiger partial charge < -0.3 is 31.1 Å². The topological polar surface area (TPSA) is 125 Å². The predicted octanol–water partition coefficient (Wildman–Crippen LogP) is 4.94. The van der Waals surface area contributed by atoms with E-state index in [1.54, 1.807) is 0 Å². The quantitative estimate of drug-likeness (QED) is 0.239. The van der Waals surface area contributed by atoms with Crippen molar-refractivity contribution in [2.75, 3.05) is 24.2 Å². The van der Waals surface area contributed by atoms with E-state index in [2.05, 4.69) is 15.5 Å². The van der Waals surface area contributed by atoms with E-state index in [1.807, 2.05) is 13.1 Å². The van der Waals surface area contributed by atoms with E-state index in [1.165, 1.54) is 12.1 Å². The molecule has 1 unspecified atom stereocenters. The highest BCUT2D eigenvalue weighted by atomic mass is 35.5. The van der Waals surface area contributed by atoms with Crippen LogP contribution in [0.3, 0.4) is 0 Å². The fourth-order valence-electron chi connectivity index (χ4n) is 5.76. The summed E-state index contributed by atoms with van der Waals surface area (Å²) in [7, 11) is 1.95. The maximum Gasteiger partial charge on any atom is 0.417 e. The van der Waals surface area contributed by atoms with Crippen LogP contribution in [0.5, 0.6) is 5.75 Å². The van der Waals surface area contributed by atoms with Gasteiger partial charge in [0.2, 0.25) is 0 Å². The Kier molecular flexibility index (Phi) is 7.45. The number of aliphatic hydroxyl groups is 3. The summed E-state index contributed by atoms with van der Waals surface area (Å²) in [5.74, 6) is -0.213. The molecule has 0 fully saturated rings. The van der Waals surface area contributed by atoms with Gasteiger partial charge in [0.25, 0.3) is 0 Å². The number of carbonyl (C=O) groups excluding carboxylic acids is 1. The van der Waals surface area contributed by atoms with E-state index < -0.39 is 36.0 Å². The van der Waals surface area contributed by atoms with Crippen molar-refractivity contribution >= 4 is 29.0 Å². The number of halogens is 4. The molecule has 1 aliphatic heterocycles. The van der Waals surface area contributed by atoms with Crippen LogP contribution in [0.25, 0.3) is 11.1 Å². The average molecular weight is 578 g/mol. The largest absolute Gasteiger partial charge is 0.507 e. The van der Waals surface area contributed by atoms with Crippen molar-refractivity contribution < 1.29 is 38.4 Å². The van der Waals surface area contributed by atoms with Gasteiger partial charge in [-0.3, -0.25) is 4.90 Å². The maximum atomic E-state index is 13.3. The first-order valence-corrected chi connectivity index (χ1v) is 12.9. The number of aliphatic hydroxyl groups excluding tert-OH is 3. The van der Waals surface area contributed by atoms with Crippen LogP contribution in [0, 0.1) is 0 Å². The van der Waals surface area contributed by atoms with Crippen molar-refractivity contribution in [1.82, 2.24) is 4.90 Å². The molecule has 3 aromatic carbocycles.